The fourth-order valence-electron chi connectivity index (χ4n) is 3.23. The van der Waals surface area contributed by atoms with Crippen molar-refractivity contribution in [2.45, 2.75) is 18.9 Å². The van der Waals surface area contributed by atoms with E-state index in [0.29, 0.717) is 30.8 Å². The van der Waals surface area contributed by atoms with Gasteiger partial charge in [0.1, 0.15) is 6.54 Å². The van der Waals surface area contributed by atoms with Crippen molar-refractivity contribution in [1.29, 1.82) is 0 Å². The van der Waals surface area contributed by atoms with E-state index >= 15 is 0 Å². The van der Waals surface area contributed by atoms with E-state index in [-0.39, 0.29) is 11.9 Å². The highest BCUT2D eigenvalue weighted by Gasteiger charge is 2.33. The average molecular weight is 396 g/mol. The Morgan fingerprint density at radius 2 is 1.92 bits per heavy atom. The number of thiophene rings is 1. The van der Waals surface area contributed by atoms with Gasteiger partial charge in [-0.2, -0.15) is 0 Å². The van der Waals surface area contributed by atoms with Gasteiger partial charge in [-0.1, -0.05) is 18.2 Å². The second-order valence-corrected chi connectivity index (χ2v) is 9.43. The van der Waals surface area contributed by atoms with Gasteiger partial charge in [-0.05, 0) is 30.4 Å². The molecule has 2 heterocycles. The van der Waals surface area contributed by atoms with E-state index in [1.807, 2.05) is 24.3 Å². The summed E-state index contributed by atoms with van der Waals surface area (Å²) in [7, 11) is -3.27. The smallest absolute Gasteiger partial charge is 0.323 e. The molecule has 0 atom stereocenters. The lowest BCUT2D eigenvalue weighted by atomic mass is 10.0. The van der Waals surface area contributed by atoms with E-state index in [9.17, 15) is 23.1 Å². The zero-order valence-corrected chi connectivity index (χ0v) is 15.9. The fourth-order valence-corrected chi connectivity index (χ4v) is 5.12. The van der Waals surface area contributed by atoms with Gasteiger partial charge in [0.2, 0.25) is 10.0 Å². The monoisotopic (exact) mass is 396 g/mol. The van der Waals surface area contributed by atoms with Crippen LogP contribution in [0.1, 0.15) is 22.5 Å². The lowest BCUT2D eigenvalue weighted by molar-refractivity contribution is -0.138. The number of fused-ring (bicyclic) bond motifs is 1. The van der Waals surface area contributed by atoms with Gasteiger partial charge in [-0.3, -0.25) is 9.59 Å². The zero-order chi connectivity index (χ0) is 18.9. The molecule has 2 aromatic rings. The van der Waals surface area contributed by atoms with Gasteiger partial charge in [0.05, 0.1) is 11.1 Å². The molecule has 1 aliphatic rings. The third-order valence-electron chi connectivity index (χ3n) is 4.54. The molecule has 140 valence electrons. The second-order valence-electron chi connectivity index (χ2n) is 6.37. The highest BCUT2D eigenvalue weighted by atomic mass is 32.2. The third-order valence-corrected chi connectivity index (χ3v) is 6.94. The van der Waals surface area contributed by atoms with Crippen LogP contribution in [0.3, 0.4) is 0 Å². The first kappa shape index (κ1) is 18.8. The lowest BCUT2D eigenvalue weighted by Crippen LogP contribution is -2.50. The molecule has 7 nitrogen and oxygen atoms in total. The van der Waals surface area contributed by atoms with Crippen LogP contribution >= 0.6 is 11.3 Å². The minimum Gasteiger partial charge on any atom is -0.480 e. The van der Waals surface area contributed by atoms with Crippen LogP contribution in [-0.4, -0.2) is 66.5 Å². The Bertz CT molecular complexity index is 897. The van der Waals surface area contributed by atoms with Crippen LogP contribution in [-0.2, 0) is 14.8 Å². The standard InChI is InChI=1S/C17H20N2O5S2/c1-26(23,24)18-8-6-13(7-9-18)19(11-16(20)21)17(22)15-10-12-4-2-3-5-14(12)25-15/h2-5,10,13H,6-9,11H2,1H3,(H,20,21). The first-order chi connectivity index (χ1) is 12.3. The van der Waals surface area contributed by atoms with E-state index in [2.05, 4.69) is 0 Å². The number of carboxylic acid groups (broad SMARTS) is 1. The highest BCUT2D eigenvalue weighted by Crippen LogP contribution is 2.28. The molecular formula is C17H20N2O5S2. The third kappa shape index (κ3) is 4.05. The van der Waals surface area contributed by atoms with Gasteiger partial charge in [0.15, 0.2) is 0 Å². The maximum absolute atomic E-state index is 13.0. The molecule has 0 radical (unpaired) electrons. The van der Waals surface area contributed by atoms with Crippen molar-refractivity contribution in [3.8, 4) is 0 Å². The minimum atomic E-state index is -3.27. The summed E-state index contributed by atoms with van der Waals surface area (Å²) in [5.74, 6) is -1.39. The van der Waals surface area contributed by atoms with Crippen molar-refractivity contribution in [3.05, 3.63) is 35.2 Å². The van der Waals surface area contributed by atoms with Gasteiger partial charge in [-0.25, -0.2) is 12.7 Å². The van der Waals surface area contributed by atoms with Crippen LogP contribution in [0.5, 0.6) is 0 Å². The zero-order valence-electron chi connectivity index (χ0n) is 14.3. The molecule has 0 saturated carbocycles. The van der Waals surface area contributed by atoms with Crippen molar-refractivity contribution >= 4 is 43.3 Å². The van der Waals surface area contributed by atoms with Crippen LogP contribution in [0.4, 0.5) is 0 Å². The number of amides is 1. The van der Waals surface area contributed by atoms with Crippen molar-refractivity contribution in [2.24, 2.45) is 0 Å². The number of carboxylic acids is 1. The first-order valence-corrected chi connectivity index (χ1v) is 10.9. The number of aliphatic carboxylic acids is 1. The summed E-state index contributed by atoms with van der Waals surface area (Å²) in [6, 6.07) is 9.10. The van der Waals surface area contributed by atoms with Gasteiger partial charge < -0.3 is 10.0 Å². The Hall–Kier alpha value is -1.97. The summed E-state index contributed by atoms with van der Waals surface area (Å²) in [4.78, 5) is 26.1. The Balaban J connectivity index is 1.81. The van der Waals surface area contributed by atoms with Crippen molar-refractivity contribution < 1.29 is 23.1 Å². The quantitative estimate of drug-likeness (QED) is 0.832. The van der Waals surface area contributed by atoms with Crippen LogP contribution in [0.25, 0.3) is 10.1 Å². The van der Waals surface area contributed by atoms with Gasteiger partial charge in [0.25, 0.3) is 5.91 Å². The van der Waals surface area contributed by atoms with Crippen LogP contribution in [0.15, 0.2) is 30.3 Å². The van der Waals surface area contributed by atoms with Gasteiger partial charge in [0, 0.05) is 23.8 Å². The summed E-state index contributed by atoms with van der Waals surface area (Å²) < 4.78 is 25.6. The number of piperidine rings is 1. The number of hydrogen-bond donors (Lipinski definition) is 1. The predicted octanol–water partition coefficient (Wildman–Crippen LogP) is 1.85. The van der Waals surface area contributed by atoms with Crippen LogP contribution in [0.2, 0.25) is 0 Å². The molecule has 1 amide bonds. The Morgan fingerprint density at radius 1 is 1.27 bits per heavy atom. The SMILES string of the molecule is CS(=O)(=O)N1CCC(N(CC(=O)O)C(=O)c2cc3ccccc3s2)CC1. The molecule has 0 bridgehead atoms. The van der Waals surface area contributed by atoms with E-state index < -0.39 is 22.5 Å². The van der Waals surface area contributed by atoms with Crippen LogP contribution < -0.4 is 0 Å². The molecule has 0 aliphatic carbocycles. The van der Waals surface area contributed by atoms with Crippen molar-refractivity contribution in [3.63, 3.8) is 0 Å². The van der Waals surface area contributed by atoms with E-state index in [1.165, 1.54) is 20.5 Å². The second kappa shape index (κ2) is 7.34. The largest absolute Gasteiger partial charge is 0.480 e. The molecule has 1 aromatic heterocycles. The van der Waals surface area contributed by atoms with E-state index in [0.717, 1.165) is 16.3 Å². The number of hydrogen-bond acceptors (Lipinski definition) is 5. The van der Waals surface area contributed by atoms with Crippen molar-refractivity contribution in [1.82, 2.24) is 9.21 Å². The molecule has 0 unspecified atom stereocenters. The summed E-state index contributed by atoms with van der Waals surface area (Å²) in [6.45, 7) is 0.190. The number of carbonyl (C=O) groups excluding carboxylic acids is 1. The number of sulfonamides is 1. The molecule has 26 heavy (non-hydrogen) atoms. The molecule has 1 aliphatic heterocycles. The Morgan fingerprint density at radius 3 is 2.50 bits per heavy atom. The maximum atomic E-state index is 13.0. The fraction of sp³-hybridized carbons (Fsp3) is 0.412. The average Bonchev–Trinajstić information content (AvgIpc) is 3.02. The lowest BCUT2D eigenvalue weighted by Gasteiger charge is -2.36. The number of benzene rings is 1. The number of carbonyl (C=O) groups is 2. The molecule has 0 spiro atoms. The first-order valence-electron chi connectivity index (χ1n) is 8.22. The van der Waals surface area contributed by atoms with Gasteiger partial charge >= 0.3 is 5.97 Å². The maximum Gasteiger partial charge on any atom is 0.323 e. The molecule has 3 rings (SSSR count). The molecule has 1 saturated heterocycles. The minimum absolute atomic E-state index is 0.290. The van der Waals surface area contributed by atoms with Crippen LogP contribution in [0, 0.1) is 0 Å². The number of nitrogens with zero attached hydrogens (tertiary/aromatic N) is 2. The Labute approximate surface area is 155 Å². The summed E-state index contributed by atoms with van der Waals surface area (Å²) in [5, 5.41) is 10.2. The predicted molar refractivity (Wildman–Crippen MR) is 99.9 cm³/mol. The molecular weight excluding hydrogens is 376 g/mol. The molecule has 1 aromatic carbocycles. The number of rotatable bonds is 5. The summed E-state index contributed by atoms with van der Waals surface area (Å²) in [6.07, 6.45) is 2.01. The highest BCUT2D eigenvalue weighted by molar-refractivity contribution is 7.88. The molecule has 9 heteroatoms. The normalized spacial score (nSPS) is 16.7. The summed E-state index contributed by atoms with van der Waals surface area (Å²) >= 11 is 1.34. The van der Waals surface area contributed by atoms with Crippen molar-refractivity contribution in [2.75, 3.05) is 25.9 Å². The van der Waals surface area contributed by atoms with E-state index in [1.54, 1.807) is 6.07 Å². The molecule has 1 fully saturated rings. The summed E-state index contributed by atoms with van der Waals surface area (Å²) in [5.41, 5.74) is 0. The topological polar surface area (TPSA) is 95.0 Å². The molecule has 1 N–H and O–H groups in total. The van der Waals surface area contributed by atoms with E-state index in [4.69, 9.17) is 0 Å². The Kier molecular flexibility index (Phi) is 5.31. The van der Waals surface area contributed by atoms with Gasteiger partial charge in [-0.15, -0.1) is 11.3 Å².